The molecule has 0 spiro atoms. The molecule has 1 fully saturated rings. The maximum absolute atomic E-state index is 12.9. The zero-order chi connectivity index (χ0) is 26.0. The molecule has 3 atom stereocenters. The third-order valence-corrected chi connectivity index (χ3v) is 8.28. The third kappa shape index (κ3) is 16.8. The summed E-state index contributed by atoms with van der Waals surface area (Å²) in [6, 6.07) is -0.130. The third-order valence-electron chi connectivity index (χ3n) is 6.81. The number of rotatable bonds is 22. The normalized spacial score (nSPS) is 20.1. The molecular weight excluding hydrogens is 463 g/mol. The number of unbranched alkanes of at least 4 members (excludes halogenated alkanes) is 12. The highest BCUT2D eigenvalue weighted by atomic mass is 31.2. The van der Waals surface area contributed by atoms with Crippen LogP contribution >= 0.6 is 7.82 Å². The topological polar surface area (TPSA) is 73.9 Å². The van der Waals surface area contributed by atoms with Gasteiger partial charge in [0.2, 0.25) is 5.91 Å². The summed E-state index contributed by atoms with van der Waals surface area (Å²) in [5.41, 5.74) is 0. The first kappa shape index (κ1) is 32.6. The molecule has 0 aromatic carbocycles. The van der Waals surface area contributed by atoms with Crippen LogP contribution in [0.4, 0.5) is 0 Å². The van der Waals surface area contributed by atoms with Gasteiger partial charge >= 0.3 is 7.82 Å². The molecule has 0 bridgehead atoms. The summed E-state index contributed by atoms with van der Waals surface area (Å²) in [4.78, 5) is 12.5. The Hall–Kier alpha value is -0.460. The van der Waals surface area contributed by atoms with Crippen LogP contribution in [0.5, 0.6) is 0 Å². The van der Waals surface area contributed by atoms with Gasteiger partial charge in [0.25, 0.3) is 0 Å². The van der Waals surface area contributed by atoms with Crippen molar-refractivity contribution in [2.45, 2.75) is 128 Å². The van der Waals surface area contributed by atoms with Crippen LogP contribution in [0.3, 0.4) is 0 Å². The van der Waals surface area contributed by atoms with E-state index in [-0.39, 0.29) is 24.7 Å². The average molecular weight is 520 g/mol. The highest BCUT2D eigenvalue weighted by molar-refractivity contribution is 7.48. The van der Waals surface area contributed by atoms with E-state index in [2.05, 4.69) is 12.2 Å². The van der Waals surface area contributed by atoms with E-state index in [4.69, 9.17) is 13.6 Å². The van der Waals surface area contributed by atoms with Crippen molar-refractivity contribution >= 4 is 13.7 Å². The predicted octanol–water partition coefficient (Wildman–Crippen LogP) is 7.00. The molecule has 0 aromatic rings. The Morgan fingerprint density at radius 3 is 1.94 bits per heavy atom. The Kier molecular flexibility index (Phi) is 17.4. The number of quaternary nitrogens is 1. The van der Waals surface area contributed by atoms with Crippen molar-refractivity contribution < 1.29 is 27.4 Å². The van der Waals surface area contributed by atoms with Crippen LogP contribution in [-0.2, 0) is 22.9 Å². The molecule has 1 N–H and O–H groups in total. The van der Waals surface area contributed by atoms with Crippen molar-refractivity contribution in [3.05, 3.63) is 0 Å². The van der Waals surface area contributed by atoms with Gasteiger partial charge in [-0.05, 0) is 25.7 Å². The number of nitrogens with one attached hydrogen (secondary N) is 1. The Labute approximate surface area is 216 Å². The lowest BCUT2D eigenvalue weighted by Gasteiger charge is -2.27. The molecule has 3 unspecified atom stereocenters. The Bertz CT molecular complexity index is 597. The molecule has 0 saturated heterocycles. The zero-order valence-corrected chi connectivity index (χ0v) is 24.4. The Morgan fingerprint density at radius 2 is 1.43 bits per heavy atom. The van der Waals surface area contributed by atoms with Crippen molar-refractivity contribution in [3.63, 3.8) is 0 Å². The van der Waals surface area contributed by atoms with E-state index in [1.165, 1.54) is 77.7 Å². The predicted molar refractivity (Wildman–Crippen MR) is 144 cm³/mol. The highest BCUT2D eigenvalue weighted by Crippen LogP contribution is 2.51. The molecule has 1 aliphatic rings. The van der Waals surface area contributed by atoms with E-state index < -0.39 is 7.82 Å². The maximum Gasteiger partial charge on any atom is 0.475 e. The van der Waals surface area contributed by atoms with Crippen molar-refractivity contribution in [1.82, 2.24) is 5.32 Å². The number of likely N-dealkylation sites (N-methyl/N-ethyl adjacent to an activating group) is 1. The number of carbonyl (C=O) groups excluding carboxylic acids is 1. The van der Waals surface area contributed by atoms with Gasteiger partial charge in [-0.15, -0.1) is 0 Å². The van der Waals surface area contributed by atoms with E-state index in [0.717, 1.165) is 32.1 Å². The van der Waals surface area contributed by atoms with E-state index in [0.29, 0.717) is 17.4 Å². The zero-order valence-electron chi connectivity index (χ0n) is 23.5. The van der Waals surface area contributed by atoms with Gasteiger partial charge in [-0.3, -0.25) is 18.4 Å². The van der Waals surface area contributed by atoms with Crippen LogP contribution in [0, 0.1) is 0 Å². The van der Waals surface area contributed by atoms with Gasteiger partial charge in [0, 0.05) is 13.5 Å². The van der Waals surface area contributed by atoms with Gasteiger partial charge < -0.3 is 9.80 Å². The second-order valence-electron chi connectivity index (χ2n) is 11.2. The van der Waals surface area contributed by atoms with Crippen molar-refractivity contribution in [1.29, 1.82) is 0 Å². The van der Waals surface area contributed by atoms with Crippen LogP contribution in [-0.4, -0.2) is 63.9 Å². The molecule has 35 heavy (non-hydrogen) atoms. The summed E-state index contributed by atoms with van der Waals surface area (Å²) in [7, 11) is 3.85. The number of hydrogen-bond donors (Lipinski definition) is 1. The first-order valence-corrected chi connectivity index (χ1v) is 15.7. The van der Waals surface area contributed by atoms with E-state index in [1.54, 1.807) is 0 Å². The minimum absolute atomic E-state index is 0.0618. The molecule has 1 aliphatic carbocycles. The lowest BCUT2D eigenvalue weighted by Crippen LogP contribution is -2.41. The van der Waals surface area contributed by atoms with Crippen LogP contribution in [0.15, 0.2) is 0 Å². The van der Waals surface area contributed by atoms with E-state index >= 15 is 0 Å². The molecule has 208 valence electrons. The number of hydrogen-bond acceptors (Lipinski definition) is 5. The average Bonchev–Trinajstić information content (AvgIpc) is 3.21. The quantitative estimate of drug-likeness (QED) is 0.0947. The minimum atomic E-state index is -3.63. The summed E-state index contributed by atoms with van der Waals surface area (Å²) in [6.07, 6.45) is 19.6. The minimum Gasteiger partial charge on any atom is -0.351 e. The van der Waals surface area contributed by atoms with Gasteiger partial charge in [-0.1, -0.05) is 84.0 Å². The summed E-state index contributed by atoms with van der Waals surface area (Å²) in [6.45, 7) is 3.25. The Morgan fingerprint density at radius 1 is 0.886 bits per heavy atom. The van der Waals surface area contributed by atoms with Crippen LogP contribution < -0.4 is 5.32 Å². The number of amides is 1. The number of phosphoric ester groups is 1. The van der Waals surface area contributed by atoms with Crippen molar-refractivity contribution in [2.24, 2.45) is 0 Å². The summed E-state index contributed by atoms with van der Waals surface area (Å²) in [5, 5.41) is 3.10. The van der Waals surface area contributed by atoms with Gasteiger partial charge in [0.15, 0.2) is 0 Å². The number of carbonyl (C=O) groups is 1. The number of phosphoric acid groups is 1. The van der Waals surface area contributed by atoms with Crippen LogP contribution in [0.1, 0.15) is 116 Å². The number of nitrogens with zero attached hydrogens (tertiary/aromatic N) is 1. The van der Waals surface area contributed by atoms with Gasteiger partial charge in [-0.25, -0.2) is 4.57 Å². The van der Waals surface area contributed by atoms with E-state index in [9.17, 15) is 9.36 Å². The smallest absolute Gasteiger partial charge is 0.351 e. The van der Waals surface area contributed by atoms with E-state index in [1.807, 2.05) is 21.1 Å². The fraction of sp³-hybridized carbons (Fsp3) is 0.963. The molecule has 1 saturated carbocycles. The first-order chi connectivity index (χ1) is 16.7. The van der Waals surface area contributed by atoms with Crippen molar-refractivity contribution in [3.8, 4) is 0 Å². The fourth-order valence-electron chi connectivity index (χ4n) is 4.52. The van der Waals surface area contributed by atoms with Gasteiger partial charge in [0.05, 0.1) is 33.3 Å². The maximum atomic E-state index is 12.9. The molecule has 1 rings (SSSR count). The summed E-state index contributed by atoms with van der Waals surface area (Å²) in [5.74, 6) is 0.0618. The molecule has 0 heterocycles. The molecule has 0 aromatic heterocycles. The molecule has 7 nitrogen and oxygen atoms in total. The molecule has 0 aliphatic heterocycles. The monoisotopic (exact) mass is 519 g/mol. The lowest BCUT2D eigenvalue weighted by molar-refractivity contribution is -0.870. The molecule has 1 amide bonds. The second kappa shape index (κ2) is 18.7. The second-order valence-corrected chi connectivity index (χ2v) is 12.9. The standard InChI is InChI=1S/C27H55N2O5P/c1-6-7-8-9-10-11-12-13-14-15-16-17-18-22-27(30)28-25-20-19-21-26(25)34-35(31,32-5)33-24-23-29(2,3)4/h25-26H,6-24H2,1-5H3/p+1. The SMILES string of the molecule is CCCCCCCCCCCCCCCC(=O)NC1CCCC1OP(=O)(OC)OCC[N+](C)(C)C. The van der Waals surface area contributed by atoms with Crippen molar-refractivity contribution in [2.75, 3.05) is 41.4 Å². The molecule has 0 radical (unpaired) electrons. The summed E-state index contributed by atoms with van der Waals surface area (Å²) >= 11 is 0. The lowest BCUT2D eigenvalue weighted by atomic mass is 10.0. The van der Waals surface area contributed by atoms with Gasteiger partial charge in [-0.2, -0.15) is 0 Å². The van der Waals surface area contributed by atoms with Crippen LogP contribution in [0.2, 0.25) is 0 Å². The largest absolute Gasteiger partial charge is 0.475 e. The van der Waals surface area contributed by atoms with Crippen LogP contribution in [0.25, 0.3) is 0 Å². The summed E-state index contributed by atoms with van der Waals surface area (Å²) < 4.78 is 30.0. The Balaban J connectivity index is 2.14. The molecular formula is C27H56N2O5P+. The molecule has 8 heteroatoms. The van der Waals surface area contributed by atoms with Gasteiger partial charge in [0.1, 0.15) is 13.2 Å². The highest BCUT2D eigenvalue weighted by Gasteiger charge is 2.37. The fourth-order valence-corrected chi connectivity index (χ4v) is 5.66. The first-order valence-electron chi connectivity index (χ1n) is 14.3.